The summed E-state index contributed by atoms with van der Waals surface area (Å²) in [5.41, 5.74) is 2.37. The zero-order valence-corrected chi connectivity index (χ0v) is 13.9. The number of aromatic carboxylic acids is 1. The monoisotopic (exact) mass is 341 g/mol. The third-order valence-corrected chi connectivity index (χ3v) is 3.52. The maximum atomic E-state index is 14.0. The molecule has 0 saturated heterocycles. The van der Waals surface area contributed by atoms with Gasteiger partial charge < -0.3 is 10.4 Å². The second-order valence-electron chi connectivity index (χ2n) is 5.66. The van der Waals surface area contributed by atoms with E-state index < -0.39 is 11.8 Å². The van der Waals surface area contributed by atoms with Crippen LogP contribution in [0, 0.1) is 26.6 Å². The van der Waals surface area contributed by atoms with E-state index in [4.69, 9.17) is 5.11 Å². The summed E-state index contributed by atoms with van der Waals surface area (Å²) in [5.74, 6) is -1.02. The van der Waals surface area contributed by atoms with Crippen molar-refractivity contribution in [2.24, 2.45) is 0 Å². The molecule has 0 aliphatic rings. The highest BCUT2D eigenvalue weighted by Crippen LogP contribution is 2.21. The highest BCUT2D eigenvalue weighted by atomic mass is 19.1. The van der Waals surface area contributed by atoms with Gasteiger partial charge in [0, 0.05) is 17.5 Å². The Labute approximate surface area is 143 Å². The van der Waals surface area contributed by atoms with Crippen molar-refractivity contribution in [1.82, 2.24) is 19.7 Å². The van der Waals surface area contributed by atoms with Crippen molar-refractivity contribution in [1.29, 1.82) is 0 Å². The van der Waals surface area contributed by atoms with Crippen LogP contribution in [0.1, 0.15) is 27.4 Å². The molecule has 8 heteroatoms. The molecule has 3 rings (SSSR count). The molecule has 2 heterocycles. The van der Waals surface area contributed by atoms with Gasteiger partial charge in [0.2, 0.25) is 0 Å². The third kappa shape index (κ3) is 3.47. The Kier molecular flexibility index (Phi) is 4.18. The van der Waals surface area contributed by atoms with Crippen LogP contribution < -0.4 is 5.32 Å². The summed E-state index contributed by atoms with van der Waals surface area (Å²) in [5, 5.41) is 16.2. The molecule has 0 bridgehead atoms. The van der Waals surface area contributed by atoms with Crippen LogP contribution in [0.2, 0.25) is 0 Å². The number of hydrogen-bond donors (Lipinski definition) is 2. The van der Waals surface area contributed by atoms with Crippen molar-refractivity contribution in [2.45, 2.75) is 20.8 Å². The van der Waals surface area contributed by atoms with Gasteiger partial charge in [-0.2, -0.15) is 10.1 Å². The van der Waals surface area contributed by atoms with Gasteiger partial charge in [0.25, 0.3) is 5.95 Å². The van der Waals surface area contributed by atoms with Crippen molar-refractivity contribution in [3.63, 3.8) is 0 Å². The molecule has 0 amide bonds. The molecule has 0 atom stereocenters. The maximum absolute atomic E-state index is 14.0. The standard InChI is InChI=1S/C17H16FN5O2/c1-9-7-15(20-14-8-12(16(24)25)4-5-13(14)18)21-17(19-9)23-11(3)6-10(2)22-23/h4-8H,1-3H3,(H,24,25)(H,19,20,21). The van der Waals surface area contributed by atoms with E-state index in [1.165, 1.54) is 12.1 Å². The first kappa shape index (κ1) is 16.6. The maximum Gasteiger partial charge on any atom is 0.335 e. The molecule has 25 heavy (non-hydrogen) atoms. The number of carboxylic acids is 1. The van der Waals surface area contributed by atoms with Crippen LogP contribution in [0.3, 0.4) is 0 Å². The number of aryl methyl sites for hydroxylation is 3. The average Bonchev–Trinajstić information content (AvgIpc) is 2.87. The number of nitrogens with zero attached hydrogens (tertiary/aromatic N) is 4. The van der Waals surface area contributed by atoms with Gasteiger partial charge in [0.1, 0.15) is 11.6 Å². The number of anilines is 2. The van der Waals surface area contributed by atoms with Gasteiger partial charge in [-0.3, -0.25) is 0 Å². The Hall–Kier alpha value is -3.29. The Morgan fingerprint density at radius 2 is 1.88 bits per heavy atom. The molecule has 0 radical (unpaired) electrons. The van der Waals surface area contributed by atoms with Crippen LogP contribution in [0.15, 0.2) is 30.3 Å². The van der Waals surface area contributed by atoms with Crippen LogP contribution in [-0.2, 0) is 0 Å². The van der Waals surface area contributed by atoms with E-state index in [0.29, 0.717) is 17.5 Å². The summed E-state index contributed by atoms with van der Waals surface area (Å²) in [7, 11) is 0. The molecule has 3 aromatic rings. The smallest absolute Gasteiger partial charge is 0.335 e. The predicted octanol–water partition coefficient (Wildman–Crippen LogP) is 3.17. The summed E-state index contributed by atoms with van der Waals surface area (Å²) in [6.07, 6.45) is 0. The molecule has 1 aromatic carbocycles. The number of benzene rings is 1. The van der Waals surface area contributed by atoms with Gasteiger partial charge in [-0.15, -0.1) is 0 Å². The summed E-state index contributed by atoms with van der Waals surface area (Å²) in [6, 6.07) is 7.06. The summed E-state index contributed by atoms with van der Waals surface area (Å²) in [6.45, 7) is 5.53. The van der Waals surface area contributed by atoms with Crippen LogP contribution in [0.25, 0.3) is 5.95 Å². The minimum atomic E-state index is -1.13. The fraction of sp³-hybridized carbons (Fsp3) is 0.176. The number of rotatable bonds is 4. The predicted molar refractivity (Wildman–Crippen MR) is 90.0 cm³/mol. The lowest BCUT2D eigenvalue weighted by Gasteiger charge is -2.10. The minimum Gasteiger partial charge on any atom is -0.478 e. The molecule has 0 unspecified atom stereocenters. The van der Waals surface area contributed by atoms with Crippen LogP contribution >= 0.6 is 0 Å². The van der Waals surface area contributed by atoms with E-state index in [2.05, 4.69) is 20.4 Å². The van der Waals surface area contributed by atoms with E-state index >= 15 is 0 Å². The molecule has 0 aliphatic carbocycles. The zero-order chi connectivity index (χ0) is 18.1. The van der Waals surface area contributed by atoms with Crippen LogP contribution in [0.4, 0.5) is 15.9 Å². The van der Waals surface area contributed by atoms with Gasteiger partial charge >= 0.3 is 5.97 Å². The first-order chi connectivity index (χ1) is 11.8. The molecule has 2 N–H and O–H groups in total. The van der Waals surface area contributed by atoms with E-state index in [1.807, 2.05) is 19.9 Å². The first-order valence-electron chi connectivity index (χ1n) is 7.52. The fourth-order valence-corrected chi connectivity index (χ4v) is 2.44. The number of halogens is 1. The lowest BCUT2D eigenvalue weighted by Crippen LogP contribution is -2.08. The number of carboxylic acid groups (broad SMARTS) is 1. The normalized spacial score (nSPS) is 10.7. The second-order valence-corrected chi connectivity index (χ2v) is 5.66. The number of nitrogens with one attached hydrogen (secondary N) is 1. The van der Waals surface area contributed by atoms with E-state index in [-0.39, 0.29) is 11.3 Å². The quantitative estimate of drug-likeness (QED) is 0.757. The molecule has 7 nitrogen and oxygen atoms in total. The van der Waals surface area contributed by atoms with Crippen molar-refractivity contribution in [3.8, 4) is 5.95 Å². The average molecular weight is 341 g/mol. The lowest BCUT2D eigenvalue weighted by atomic mass is 10.2. The van der Waals surface area contributed by atoms with Gasteiger partial charge in [0.05, 0.1) is 16.9 Å². The lowest BCUT2D eigenvalue weighted by molar-refractivity contribution is 0.0697. The minimum absolute atomic E-state index is 0.0200. The van der Waals surface area contributed by atoms with Crippen molar-refractivity contribution < 1.29 is 14.3 Å². The topological polar surface area (TPSA) is 92.9 Å². The second kappa shape index (κ2) is 6.31. The van der Waals surface area contributed by atoms with Gasteiger partial charge in [0.15, 0.2) is 0 Å². The molecule has 2 aromatic heterocycles. The summed E-state index contributed by atoms with van der Waals surface area (Å²) >= 11 is 0. The SMILES string of the molecule is Cc1cc(Nc2cc(C(=O)O)ccc2F)nc(-n2nc(C)cc2C)n1. The molecular weight excluding hydrogens is 325 g/mol. The number of carbonyl (C=O) groups is 1. The van der Waals surface area contributed by atoms with Crippen LogP contribution in [0.5, 0.6) is 0 Å². The first-order valence-corrected chi connectivity index (χ1v) is 7.52. The number of hydrogen-bond acceptors (Lipinski definition) is 5. The molecule has 0 aliphatic heterocycles. The molecule has 0 fully saturated rings. The third-order valence-electron chi connectivity index (χ3n) is 3.52. The van der Waals surface area contributed by atoms with E-state index in [0.717, 1.165) is 17.5 Å². The van der Waals surface area contributed by atoms with E-state index in [9.17, 15) is 9.18 Å². The van der Waals surface area contributed by atoms with Crippen molar-refractivity contribution in [2.75, 3.05) is 5.32 Å². The highest BCUT2D eigenvalue weighted by molar-refractivity contribution is 5.89. The summed E-state index contributed by atoms with van der Waals surface area (Å²) < 4.78 is 15.6. The highest BCUT2D eigenvalue weighted by Gasteiger charge is 2.12. The molecule has 0 spiro atoms. The Bertz CT molecular complexity index is 968. The van der Waals surface area contributed by atoms with Crippen molar-refractivity contribution >= 4 is 17.5 Å². The number of aromatic nitrogens is 4. The zero-order valence-electron chi connectivity index (χ0n) is 13.9. The molecular formula is C17H16FN5O2. The largest absolute Gasteiger partial charge is 0.478 e. The Morgan fingerprint density at radius 1 is 1.12 bits per heavy atom. The summed E-state index contributed by atoms with van der Waals surface area (Å²) in [4.78, 5) is 19.8. The van der Waals surface area contributed by atoms with Gasteiger partial charge in [-0.1, -0.05) is 0 Å². The van der Waals surface area contributed by atoms with Crippen molar-refractivity contribution in [3.05, 3.63) is 58.8 Å². The Morgan fingerprint density at radius 3 is 2.52 bits per heavy atom. The fourth-order valence-electron chi connectivity index (χ4n) is 2.44. The van der Waals surface area contributed by atoms with Gasteiger partial charge in [-0.25, -0.2) is 18.9 Å². The van der Waals surface area contributed by atoms with E-state index in [1.54, 1.807) is 17.7 Å². The molecule has 0 saturated carbocycles. The Balaban J connectivity index is 2.00. The molecule has 128 valence electrons. The van der Waals surface area contributed by atoms with Gasteiger partial charge in [-0.05, 0) is 45.0 Å². The van der Waals surface area contributed by atoms with Crippen LogP contribution in [-0.4, -0.2) is 30.8 Å².